The first-order valence-corrected chi connectivity index (χ1v) is 14.8. The largest absolute Gasteiger partial charge is 0.573 e. The van der Waals surface area contributed by atoms with Crippen LogP contribution in [0.15, 0.2) is 78.0 Å². The Morgan fingerprint density at radius 1 is 1.12 bits per heavy atom. The molecule has 0 spiro atoms. The van der Waals surface area contributed by atoms with E-state index in [1.54, 1.807) is 11.8 Å². The SMILES string of the molecule is CCc1ccc(C)cc1N1/C(=N/C(=O)NCCc2ccc(-c3ncn(-c4ccc(OC(F)(F)F)cc4)n3)cc2)SCC1C. The van der Waals surface area contributed by atoms with Crippen LogP contribution in [0.3, 0.4) is 0 Å². The van der Waals surface area contributed by atoms with Gasteiger partial charge in [-0.15, -0.1) is 18.3 Å². The number of aryl methyl sites for hydroxylation is 2. The Balaban J connectivity index is 1.16. The van der Waals surface area contributed by atoms with Crippen LogP contribution in [0.2, 0.25) is 0 Å². The Labute approximate surface area is 252 Å². The lowest BCUT2D eigenvalue weighted by atomic mass is 10.1. The van der Waals surface area contributed by atoms with Crippen LogP contribution in [0.5, 0.6) is 5.75 Å². The highest BCUT2D eigenvalue weighted by Gasteiger charge is 2.31. The number of amidine groups is 1. The summed E-state index contributed by atoms with van der Waals surface area (Å²) in [5.74, 6) is 1.03. The number of urea groups is 1. The van der Waals surface area contributed by atoms with Crippen LogP contribution in [0.1, 0.15) is 30.5 Å². The molecule has 12 heteroatoms. The fourth-order valence-electron chi connectivity index (χ4n) is 4.73. The molecule has 3 aromatic carbocycles. The number of aliphatic imine (C=N–C) groups is 1. The highest BCUT2D eigenvalue weighted by atomic mass is 32.2. The number of thioether (sulfide) groups is 1. The summed E-state index contributed by atoms with van der Waals surface area (Å²) in [5.41, 5.74) is 5.86. The van der Waals surface area contributed by atoms with Gasteiger partial charge in [0.25, 0.3) is 0 Å². The molecule has 1 saturated heterocycles. The van der Waals surface area contributed by atoms with Crippen molar-refractivity contribution in [1.82, 2.24) is 20.1 Å². The number of amides is 2. The minimum Gasteiger partial charge on any atom is -0.406 e. The summed E-state index contributed by atoms with van der Waals surface area (Å²) in [4.78, 5) is 23.6. The maximum atomic E-state index is 12.7. The molecule has 0 radical (unpaired) electrons. The lowest BCUT2D eigenvalue weighted by Crippen LogP contribution is -2.34. The van der Waals surface area contributed by atoms with Gasteiger partial charge in [-0.2, -0.15) is 4.99 Å². The van der Waals surface area contributed by atoms with Crippen LogP contribution in [0.25, 0.3) is 17.1 Å². The predicted octanol–water partition coefficient (Wildman–Crippen LogP) is 6.95. The van der Waals surface area contributed by atoms with Gasteiger partial charge in [0.05, 0.1) is 5.69 Å². The third kappa shape index (κ3) is 7.56. The number of aromatic nitrogens is 3. The molecule has 0 aliphatic carbocycles. The van der Waals surface area contributed by atoms with Crippen molar-refractivity contribution in [1.29, 1.82) is 0 Å². The Morgan fingerprint density at radius 2 is 1.86 bits per heavy atom. The number of carbonyl (C=O) groups is 1. The third-order valence-electron chi connectivity index (χ3n) is 6.91. The van der Waals surface area contributed by atoms with E-state index >= 15 is 0 Å². The van der Waals surface area contributed by atoms with E-state index in [9.17, 15) is 18.0 Å². The highest BCUT2D eigenvalue weighted by molar-refractivity contribution is 8.14. The van der Waals surface area contributed by atoms with Gasteiger partial charge in [0.2, 0.25) is 0 Å². The Kier molecular flexibility index (Phi) is 9.05. The van der Waals surface area contributed by atoms with Crippen molar-refractivity contribution in [3.63, 3.8) is 0 Å². The van der Waals surface area contributed by atoms with E-state index in [-0.39, 0.29) is 17.8 Å². The Bertz CT molecular complexity index is 1600. The van der Waals surface area contributed by atoms with Gasteiger partial charge in [0.1, 0.15) is 12.1 Å². The molecule has 5 rings (SSSR count). The van der Waals surface area contributed by atoms with Gasteiger partial charge in [0, 0.05) is 29.6 Å². The van der Waals surface area contributed by atoms with Crippen LogP contribution >= 0.6 is 11.8 Å². The normalized spacial score (nSPS) is 16.1. The first kappa shape index (κ1) is 30.1. The van der Waals surface area contributed by atoms with Crippen LogP contribution in [0, 0.1) is 6.92 Å². The quantitative estimate of drug-likeness (QED) is 0.233. The van der Waals surface area contributed by atoms with E-state index in [1.165, 1.54) is 46.4 Å². The fraction of sp³-hybridized carbons (Fsp3) is 0.290. The number of hydrogen-bond acceptors (Lipinski definition) is 5. The first-order chi connectivity index (χ1) is 20.6. The zero-order valence-corrected chi connectivity index (χ0v) is 24.7. The predicted molar refractivity (Wildman–Crippen MR) is 163 cm³/mol. The fourth-order valence-corrected chi connectivity index (χ4v) is 5.84. The minimum absolute atomic E-state index is 0.237. The molecule has 1 unspecified atom stereocenters. The average molecular weight is 609 g/mol. The second-order valence-corrected chi connectivity index (χ2v) is 11.1. The van der Waals surface area contributed by atoms with Crippen molar-refractivity contribution in [2.45, 2.75) is 46.0 Å². The summed E-state index contributed by atoms with van der Waals surface area (Å²) >= 11 is 1.59. The molecule has 8 nitrogen and oxygen atoms in total. The summed E-state index contributed by atoms with van der Waals surface area (Å²) < 4.78 is 42.6. The number of nitrogens with zero attached hydrogens (tertiary/aromatic N) is 5. The molecular formula is C31H31F3N6O2S. The number of ether oxygens (including phenoxy) is 1. The molecule has 43 heavy (non-hydrogen) atoms. The number of alkyl halides is 3. The number of benzene rings is 3. The zero-order chi connectivity index (χ0) is 30.6. The van der Waals surface area contributed by atoms with Gasteiger partial charge in [0.15, 0.2) is 11.0 Å². The lowest BCUT2D eigenvalue weighted by Gasteiger charge is -2.26. The van der Waals surface area contributed by atoms with Gasteiger partial charge < -0.3 is 15.0 Å². The van der Waals surface area contributed by atoms with Gasteiger partial charge >= 0.3 is 12.4 Å². The number of halogens is 3. The van der Waals surface area contributed by atoms with Crippen LogP contribution in [-0.4, -0.2) is 50.7 Å². The maximum absolute atomic E-state index is 12.7. The van der Waals surface area contributed by atoms with Crippen molar-refractivity contribution < 1.29 is 22.7 Å². The van der Waals surface area contributed by atoms with Gasteiger partial charge in [-0.25, -0.2) is 14.5 Å². The van der Waals surface area contributed by atoms with Gasteiger partial charge in [-0.1, -0.05) is 55.1 Å². The molecule has 0 saturated carbocycles. The molecule has 4 aromatic rings. The first-order valence-electron chi connectivity index (χ1n) is 13.8. The van der Waals surface area contributed by atoms with E-state index in [2.05, 4.69) is 69.0 Å². The Hall–Kier alpha value is -4.32. The summed E-state index contributed by atoms with van der Waals surface area (Å²) in [6, 6.07) is 19.3. The lowest BCUT2D eigenvalue weighted by molar-refractivity contribution is -0.274. The number of rotatable bonds is 8. The van der Waals surface area contributed by atoms with Crippen molar-refractivity contribution in [3.05, 3.63) is 89.7 Å². The smallest absolute Gasteiger partial charge is 0.406 e. The topological polar surface area (TPSA) is 84.6 Å². The van der Waals surface area contributed by atoms with Crippen LogP contribution in [0.4, 0.5) is 23.7 Å². The third-order valence-corrected chi connectivity index (χ3v) is 8.10. The molecule has 2 amide bonds. The zero-order valence-electron chi connectivity index (χ0n) is 23.9. The Morgan fingerprint density at radius 3 is 2.56 bits per heavy atom. The van der Waals surface area contributed by atoms with E-state index in [0.717, 1.165) is 29.0 Å². The summed E-state index contributed by atoms with van der Waals surface area (Å²) in [7, 11) is 0. The molecule has 2 heterocycles. The number of hydrogen-bond donors (Lipinski definition) is 1. The average Bonchev–Trinajstić information content (AvgIpc) is 3.60. The summed E-state index contributed by atoms with van der Waals surface area (Å²) in [5, 5.41) is 8.05. The second-order valence-electron chi connectivity index (χ2n) is 10.1. The second kappa shape index (κ2) is 12.9. The van der Waals surface area contributed by atoms with Crippen molar-refractivity contribution in [2.75, 3.05) is 17.2 Å². The minimum atomic E-state index is -4.75. The molecule has 1 aromatic heterocycles. The molecule has 1 atom stereocenters. The van der Waals surface area contributed by atoms with E-state index in [4.69, 9.17) is 0 Å². The molecule has 1 aliphatic heterocycles. The molecule has 0 bridgehead atoms. The van der Waals surface area contributed by atoms with E-state index in [0.29, 0.717) is 29.6 Å². The van der Waals surface area contributed by atoms with Gasteiger partial charge in [-0.3, -0.25) is 0 Å². The summed E-state index contributed by atoms with van der Waals surface area (Å²) in [6.07, 6.45) is -1.73. The van der Waals surface area contributed by atoms with Gasteiger partial charge in [-0.05, 0) is 73.7 Å². The monoisotopic (exact) mass is 608 g/mol. The van der Waals surface area contributed by atoms with E-state index < -0.39 is 6.36 Å². The van der Waals surface area contributed by atoms with Crippen LogP contribution in [-0.2, 0) is 12.8 Å². The molecule has 1 aliphatic rings. The molecule has 1 fully saturated rings. The number of carbonyl (C=O) groups excluding carboxylic acids is 1. The van der Waals surface area contributed by atoms with Crippen molar-refractivity contribution in [3.8, 4) is 22.8 Å². The van der Waals surface area contributed by atoms with E-state index in [1.807, 2.05) is 24.3 Å². The van der Waals surface area contributed by atoms with Crippen LogP contribution < -0.4 is 15.0 Å². The highest BCUT2D eigenvalue weighted by Crippen LogP contribution is 2.33. The van der Waals surface area contributed by atoms with Crippen molar-refractivity contribution >= 4 is 28.6 Å². The number of anilines is 1. The maximum Gasteiger partial charge on any atom is 0.573 e. The van der Waals surface area contributed by atoms with Crippen molar-refractivity contribution in [2.24, 2.45) is 4.99 Å². The molecule has 1 N–H and O–H groups in total. The summed E-state index contributed by atoms with van der Waals surface area (Å²) in [6.45, 7) is 6.77. The number of nitrogens with one attached hydrogen (secondary N) is 1. The molecular weight excluding hydrogens is 577 g/mol. The molecule has 224 valence electrons. The standard InChI is InChI=1S/C31H31F3N6O2S/c1-4-23-8-5-20(2)17-27(23)40-21(3)18-43-30(40)37-29(41)35-16-15-22-6-9-24(10-7-22)28-36-19-39(38-28)25-11-13-26(14-12-25)42-31(32,33)34/h5-14,17,19,21H,4,15-16,18H2,1-3H3,(H,35,41)/b37-30-.